The molecule has 0 aliphatic rings. The number of rotatable bonds is 7. The molecular weight excluding hydrogens is 310 g/mol. The zero-order chi connectivity index (χ0) is 18.4. The smallest absolute Gasteiger partial charge is 0.265 e. The van der Waals surface area contributed by atoms with Crippen molar-refractivity contribution in [3.05, 3.63) is 59.2 Å². The van der Waals surface area contributed by atoms with Gasteiger partial charge in [-0.15, -0.1) is 0 Å². The van der Waals surface area contributed by atoms with Crippen molar-refractivity contribution in [2.75, 3.05) is 5.32 Å². The highest BCUT2D eigenvalue weighted by molar-refractivity contribution is 5.95. The molecule has 0 bridgehead atoms. The predicted octanol–water partition coefficient (Wildman–Crippen LogP) is 5.61. The van der Waals surface area contributed by atoms with Gasteiger partial charge in [-0.3, -0.25) is 4.79 Å². The van der Waals surface area contributed by atoms with Crippen LogP contribution in [0.15, 0.2) is 42.5 Å². The molecule has 2 aromatic carbocycles. The molecule has 2 atom stereocenters. The van der Waals surface area contributed by atoms with Crippen molar-refractivity contribution >= 4 is 11.6 Å². The summed E-state index contributed by atoms with van der Waals surface area (Å²) in [5.74, 6) is 1.10. The highest BCUT2D eigenvalue weighted by Crippen LogP contribution is 2.29. The van der Waals surface area contributed by atoms with Crippen LogP contribution in [0.5, 0.6) is 5.75 Å². The van der Waals surface area contributed by atoms with Gasteiger partial charge in [0.25, 0.3) is 5.91 Å². The van der Waals surface area contributed by atoms with Crippen LogP contribution in [0.1, 0.15) is 56.2 Å². The first-order chi connectivity index (χ1) is 12.0. The molecule has 0 saturated carbocycles. The van der Waals surface area contributed by atoms with E-state index in [4.69, 9.17) is 4.74 Å². The SMILES string of the molecule is CCC(Oc1ccccc1C(C)CC)C(=O)Nc1ccc(C)cc1C. The first-order valence-corrected chi connectivity index (χ1v) is 9.09. The third-order valence-electron chi connectivity index (χ3n) is 4.63. The van der Waals surface area contributed by atoms with Gasteiger partial charge in [0.1, 0.15) is 5.75 Å². The van der Waals surface area contributed by atoms with E-state index in [0.29, 0.717) is 12.3 Å². The van der Waals surface area contributed by atoms with Gasteiger partial charge in [-0.1, -0.05) is 56.7 Å². The molecule has 0 aromatic heterocycles. The van der Waals surface area contributed by atoms with E-state index in [-0.39, 0.29) is 5.91 Å². The Kier molecular flexibility index (Phi) is 6.63. The molecule has 2 unspecified atom stereocenters. The predicted molar refractivity (Wildman–Crippen MR) is 104 cm³/mol. The lowest BCUT2D eigenvalue weighted by Crippen LogP contribution is -2.33. The third-order valence-corrected chi connectivity index (χ3v) is 4.63. The lowest BCUT2D eigenvalue weighted by atomic mass is 9.98. The van der Waals surface area contributed by atoms with Crippen LogP contribution in [0.4, 0.5) is 5.69 Å². The van der Waals surface area contributed by atoms with Crippen LogP contribution in [0, 0.1) is 13.8 Å². The molecule has 0 spiro atoms. The van der Waals surface area contributed by atoms with Crippen LogP contribution in [-0.4, -0.2) is 12.0 Å². The molecule has 134 valence electrons. The van der Waals surface area contributed by atoms with E-state index in [1.54, 1.807) is 0 Å². The van der Waals surface area contributed by atoms with Crippen LogP contribution in [-0.2, 0) is 4.79 Å². The normalized spacial score (nSPS) is 13.2. The monoisotopic (exact) mass is 339 g/mol. The van der Waals surface area contributed by atoms with Gasteiger partial charge in [-0.05, 0) is 55.9 Å². The van der Waals surface area contributed by atoms with Gasteiger partial charge in [0, 0.05) is 5.69 Å². The molecule has 0 heterocycles. The fourth-order valence-electron chi connectivity index (χ4n) is 2.86. The molecular formula is C22H29NO2. The summed E-state index contributed by atoms with van der Waals surface area (Å²) in [5, 5.41) is 3.01. The summed E-state index contributed by atoms with van der Waals surface area (Å²) < 4.78 is 6.10. The standard InChI is InChI=1S/C22H29NO2/c1-6-16(4)18-10-8-9-11-21(18)25-20(7-2)22(24)23-19-13-12-15(3)14-17(19)5/h8-14,16,20H,6-7H2,1-5H3,(H,23,24). The largest absolute Gasteiger partial charge is 0.480 e. The van der Waals surface area contributed by atoms with Crippen LogP contribution >= 0.6 is 0 Å². The topological polar surface area (TPSA) is 38.3 Å². The minimum atomic E-state index is -0.508. The van der Waals surface area contributed by atoms with Crippen molar-refractivity contribution in [3.8, 4) is 5.75 Å². The summed E-state index contributed by atoms with van der Waals surface area (Å²) in [6.07, 6.45) is 1.14. The van der Waals surface area contributed by atoms with Gasteiger partial charge >= 0.3 is 0 Å². The zero-order valence-electron chi connectivity index (χ0n) is 15.9. The van der Waals surface area contributed by atoms with E-state index in [2.05, 4.69) is 31.3 Å². The van der Waals surface area contributed by atoms with E-state index < -0.39 is 6.10 Å². The first kappa shape index (κ1) is 19.0. The summed E-state index contributed by atoms with van der Waals surface area (Å²) in [5.41, 5.74) is 4.24. The quantitative estimate of drug-likeness (QED) is 0.711. The maximum atomic E-state index is 12.7. The maximum absolute atomic E-state index is 12.7. The number of amides is 1. The first-order valence-electron chi connectivity index (χ1n) is 9.09. The number of ether oxygens (including phenoxy) is 1. The summed E-state index contributed by atoms with van der Waals surface area (Å²) in [6.45, 7) is 10.4. The summed E-state index contributed by atoms with van der Waals surface area (Å²) in [4.78, 5) is 12.7. The van der Waals surface area contributed by atoms with Crippen molar-refractivity contribution in [3.63, 3.8) is 0 Å². The molecule has 3 heteroatoms. The molecule has 2 aromatic rings. The van der Waals surface area contributed by atoms with E-state index in [1.807, 2.05) is 51.1 Å². The van der Waals surface area contributed by atoms with Gasteiger partial charge < -0.3 is 10.1 Å². The molecule has 0 aliphatic carbocycles. The lowest BCUT2D eigenvalue weighted by Gasteiger charge is -2.21. The Bertz CT molecular complexity index is 724. The van der Waals surface area contributed by atoms with Crippen molar-refractivity contribution in [1.82, 2.24) is 0 Å². The molecule has 1 amide bonds. The third kappa shape index (κ3) is 4.85. The lowest BCUT2D eigenvalue weighted by molar-refractivity contribution is -0.122. The van der Waals surface area contributed by atoms with Crippen LogP contribution in [0.25, 0.3) is 0 Å². The average Bonchev–Trinajstić information content (AvgIpc) is 2.61. The summed E-state index contributed by atoms with van der Waals surface area (Å²) in [7, 11) is 0. The van der Waals surface area contributed by atoms with Gasteiger partial charge in [0.2, 0.25) is 0 Å². The second-order valence-corrected chi connectivity index (χ2v) is 6.67. The molecule has 2 rings (SSSR count). The van der Waals surface area contributed by atoms with Gasteiger partial charge in [0.05, 0.1) is 0 Å². The minimum absolute atomic E-state index is 0.103. The molecule has 0 aliphatic heterocycles. The molecule has 3 nitrogen and oxygen atoms in total. The van der Waals surface area contributed by atoms with Crippen molar-refractivity contribution in [1.29, 1.82) is 0 Å². The van der Waals surface area contributed by atoms with Gasteiger partial charge in [-0.2, -0.15) is 0 Å². The number of carbonyl (C=O) groups is 1. The van der Waals surface area contributed by atoms with Crippen LogP contribution < -0.4 is 10.1 Å². The number of benzene rings is 2. The Morgan fingerprint density at radius 2 is 1.80 bits per heavy atom. The van der Waals surface area contributed by atoms with Crippen molar-refractivity contribution in [2.45, 2.75) is 59.5 Å². The van der Waals surface area contributed by atoms with E-state index in [9.17, 15) is 4.79 Å². The number of hydrogen-bond acceptors (Lipinski definition) is 2. The number of anilines is 1. The number of carbonyl (C=O) groups excluding carboxylic acids is 1. The fourth-order valence-corrected chi connectivity index (χ4v) is 2.86. The van der Waals surface area contributed by atoms with Crippen LogP contribution in [0.3, 0.4) is 0 Å². The second kappa shape index (κ2) is 8.70. The van der Waals surface area contributed by atoms with E-state index in [0.717, 1.165) is 29.0 Å². The number of aryl methyl sites for hydroxylation is 2. The Morgan fingerprint density at radius 3 is 2.44 bits per heavy atom. The summed E-state index contributed by atoms with van der Waals surface area (Å²) >= 11 is 0. The Labute approximate surface area is 151 Å². The summed E-state index contributed by atoms with van der Waals surface area (Å²) in [6, 6.07) is 14.0. The molecule has 1 N–H and O–H groups in total. The highest BCUT2D eigenvalue weighted by Gasteiger charge is 2.21. The highest BCUT2D eigenvalue weighted by atomic mass is 16.5. The van der Waals surface area contributed by atoms with Gasteiger partial charge in [-0.25, -0.2) is 0 Å². The Balaban J connectivity index is 2.16. The molecule has 0 fully saturated rings. The van der Waals surface area contributed by atoms with E-state index in [1.165, 1.54) is 5.56 Å². The average molecular weight is 339 g/mol. The molecule has 0 radical (unpaired) electrons. The van der Waals surface area contributed by atoms with Crippen molar-refractivity contribution in [2.24, 2.45) is 0 Å². The van der Waals surface area contributed by atoms with Crippen molar-refractivity contribution < 1.29 is 9.53 Å². The molecule has 25 heavy (non-hydrogen) atoms. The zero-order valence-corrected chi connectivity index (χ0v) is 15.9. The Hall–Kier alpha value is -2.29. The number of hydrogen-bond donors (Lipinski definition) is 1. The molecule has 0 saturated heterocycles. The fraction of sp³-hybridized carbons (Fsp3) is 0.409. The number of para-hydroxylation sites is 1. The van der Waals surface area contributed by atoms with Gasteiger partial charge in [0.15, 0.2) is 6.10 Å². The maximum Gasteiger partial charge on any atom is 0.265 e. The van der Waals surface area contributed by atoms with E-state index >= 15 is 0 Å². The second-order valence-electron chi connectivity index (χ2n) is 6.67. The number of nitrogens with one attached hydrogen (secondary N) is 1. The van der Waals surface area contributed by atoms with Crippen LogP contribution in [0.2, 0.25) is 0 Å². The Morgan fingerprint density at radius 1 is 1.08 bits per heavy atom. The minimum Gasteiger partial charge on any atom is -0.480 e.